The third-order valence-electron chi connectivity index (χ3n) is 3.96. The Kier molecular flexibility index (Phi) is 9.37. The van der Waals surface area contributed by atoms with E-state index in [9.17, 15) is 4.79 Å². The van der Waals surface area contributed by atoms with Gasteiger partial charge in [-0.1, -0.05) is 62.2 Å². The summed E-state index contributed by atoms with van der Waals surface area (Å²) in [6.07, 6.45) is 4.06. The second-order valence-electron chi connectivity index (χ2n) is 6.09. The minimum atomic E-state index is -0.0780. The Bertz CT molecular complexity index is 772. The van der Waals surface area contributed by atoms with Crippen LogP contribution in [-0.2, 0) is 4.79 Å². The monoisotopic (exact) mass is 447 g/mol. The number of pyridine rings is 2. The van der Waals surface area contributed by atoms with E-state index in [2.05, 4.69) is 9.97 Å². The van der Waals surface area contributed by atoms with Crippen molar-refractivity contribution in [3.63, 3.8) is 0 Å². The van der Waals surface area contributed by atoms with Crippen molar-refractivity contribution < 1.29 is 4.79 Å². The van der Waals surface area contributed by atoms with Gasteiger partial charge in [-0.15, -0.1) is 0 Å². The summed E-state index contributed by atoms with van der Waals surface area (Å²) in [7, 11) is 0. The van der Waals surface area contributed by atoms with Gasteiger partial charge in [0, 0.05) is 48.5 Å². The highest BCUT2D eigenvalue weighted by atomic mass is 32.2. The molecule has 28 heavy (non-hydrogen) atoms. The molecule has 0 amide bonds. The molecular formula is C20H21N3OS4. The van der Waals surface area contributed by atoms with Gasteiger partial charge in [-0.2, -0.15) is 0 Å². The van der Waals surface area contributed by atoms with Gasteiger partial charge in [0.05, 0.1) is 13.4 Å². The molecule has 0 aliphatic rings. The second kappa shape index (κ2) is 11.5. The van der Waals surface area contributed by atoms with Crippen LogP contribution in [0.3, 0.4) is 0 Å². The van der Waals surface area contributed by atoms with E-state index in [4.69, 9.17) is 29.8 Å². The number of rotatable bonds is 7. The third-order valence-corrected chi connectivity index (χ3v) is 7.16. The number of hydrogen-bond donors (Lipinski definition) is 1. The molecule has 0 spiro atoms. The fourth-order valence-electron chi connectivity index (χ4n) is 2.23. The Morgan fingerprint density at radius 1 is 0.929 bits per heavy atom. The van der Waals surface area contributed by atoms with Gasteiger partial charge in [0.1, 0.15) is 0 Å². The predicted molar refractivity (Wildman–Crippen MR) is 128 cm³/mol. The van der Waals surface area contributed by atoms with Crippen molar-refractivity contribution >= 4 is 66.5 Å². The van der Waals surface area contributed by atoms with Crippen molar-refractivity contribution in [1.29, 1.82) is 5.41 Å². The summed E-state index contributed by atoms with van der Waals surface area (Å²) in [4.78, 5) is 20.8. The molecule has 2 rings (SSSR count). The highest BCUT2D eigenvalue weighted by Crippen LogP contribution is 2.26. The third kappa shape index (κ3) is 7.16. The highest BCUT2D eigenvalue weighted by molar-refractivity contribution is 8.33. The molecule has 2 atom stereocenters. The first kappa shape index (κ1) is 22.8. The summed E-state index contributed by atoms with van der Waals surface area (Å²) in [5, 5.41) is 8.46. The van der Waals surface area contributed by atoms with E-state index in [1.165, 1.54) is 11.8 Å². The minimum absolute atomic E-state index is 0.0292. The number of thiocarbonyl (C=S) groups is 2. The molecule has 146 valence electrons. The topological polar surface area (TPSA) is 66.7 Å². The van der Waals surface area contributed by atoms with Crippen molar-refractivity contribution in [3.05, 3.63) is 60.2 Å². The maximum absolute atomic E-state index is 12.2. The van der Waals surface area contributed by atoms with Gasteiger partial charge in [0.2, 0.25) is 0 Å². The standard InChI is InChI=1S/C20H21N3OS4/c1-13(15-7-3-5-11-22-15)19(25)27-17(21)9-10-18(24)28-20(26)14(2)16-8-4-6-12-23-16/h3-8,11-14,21H,9-10H2,1-2H3. The lowest BCUT2D eigenvalue weighted by Gasteiger charge is -2.13. The Morgan fingerprint density at radius 3 is 1.89 bits per heavy atom. The number of nitrogens with one attached hydrogen (secondary N) is 1. The lowest BCUT2D eigenvalue weighted by molar-refractivity contribution is -0.110. The molecule has 4 nitrogen and oxygen atoms in total. The molecule has 0 aliphatic heterocycles. The van der Waals surface area contributed by atoms with Crippen LogP contribution in [0.4, 0.5) is 0 Å². The zero-order chi connectivity index (χ0) is 20.5. The fourth-order valence-corrected chi connectivity index (χ4v) is 4.53. The van der Waals surface area contributed by atoms with Gasteiger partial charge in [-0.05, 0) is 36.0 Å². The molecule has 2 unspecified atom stereocenters. The predicted octanol–water partition coefficient (Wildman–Crippen LogP) is 5.79. The molecule has 8 heteroatoms. The molecule has 0 saturated carbocycles. The molecule has 0 aliphatic carbocycles. The first-order valence-electron chi connectivity index (χ1n) is 8.74. The van der Waals surface area contributed by atoms with E-state index in [1.54, 1.807) is 12.4 Å². The zero-order valence-electron chi connectivity index (χ0n) is 15.6. The fraction of sp³-hybridized carbons (Fsp3) is 0.300. The SMILES string of the molecule is CC(C(=S)SC(=N)CCC(=O)SC(=S)C(C)c1ccccn1)c1ccccn1. The Balaban J connectivity index is 1.76. The highest BCUT2D eigenvalue weighted by Gasteiger charge is 2.18. The average Bonchev–Trinajstić information content (AvgIpc) is 2.72. The van der Waals surface area contributed by atoms with E-state index in [0.717, 1.165) is 23.1 Å². The Hall–Kier alpha value is -1.48. The first-order valence-corrected chi connectivity index (χ1v) is 11.2. The van der Waals surface area contributed by atoms with E-state index >= 15 is 0 Å². The quantitative estimate of drug-likeness (QED) is 0.327. The molecule has 2 aromatic rings. The summed E-state index contributed by atoms with van der Waals surface area (Å²) in [5.41, 5.74) is 1.73. The van der Waals surface area contributed by atoms with Gasteiger partial charge in [-0.25, -0.2) is 0 Å². The summed E-state index contributed by atoms with van der Waals surface area (Å²) in [6.45, 7) is 3.92. The number of thioether (sulfide) groups is 2. The van der Waals surface area contributed by atoms with Crippen LogP contribution in [0, 0.1) is 5.41 Å². The van der Waals surface area contributed by atoms with E-state index in [-0.39, 0.29) is 23.4 Å². The number of hydrogen-bond acceptors (Lipinski definition) is 8. The minimum Gasteiger partial charge on any atom is -0.298 e. The molecule has 1 N–H and O–H groups in total. The summed E-state index contributed by atoms with van der Waals surface area (Å²) in [5.74, 6) is -0.107. The maximum Gasteiger partial charge on any atom is 0.194 e. The largest absolute Gasteiger partial charge is 0.298 e. The Labute approximate surface area is 184 Å². The number of carbonyl (C=O) groups is 1. The lowest BCUT2D eigenvalue weighted by Crippen LogP contribution is -2.10. The van der Waals surface area contributed by atoms with Gasteiger partial charge in [-0.3, -0.25) is 20.2 Å². The molecule has 0 fully saturated rings. The van der Waals surface area contributed by atoms with Crippen LogP contribution in [0.2, 0.25) is 0 Å². The van der Waals surface area contributed by atoms with Crippen LogP contribution in [0.15, 0.2) is 48.8 Å². The molecular weight excluding hydrogens is 427 g/mol. The zero-order valence-corrected chi connectivity index (χ0v) is 18.9. The van der Waals surface area contributed by atoms with Crippen molar-refractivity contribution in [2.45, 2.75) is 38.5 Å². The van der Waals surface area contributed by atoms with Crippen LogP contribution in [0.25, 0.3) is 0 Å². The molecule has 0 aromatic carbocycles. The van der Waals surface area contributed by atoms with Gasteiger partial charge in [0.15, 0.2) is 5.12 Å². The van der Waals surface area contributed by atoms with Gasteiger partial charge >= 0.3 is 0 Å². The molecule has 0 saturated heterocycles. The Morgan fingerprint density at radius 2 is 1.43 bits per heavy atom. The van der Waals surface area contributed by atoms with E-state index in [1.807, 2.05) is 50.2 Å². The second-order valence-corrected chi connectivity index (χ2v) is 9.72. The molecule has 2 aromatic heterocycles. The molecule has 0 radical (unpaired) electrons. The summed E-state index contributed by atoms with van der Waals surface area (Å²) < 4.78 is 1.28. The smallest absolute Gasteiger partial charge is 0.194 e. The van der Waals surface area contributed by atoms with Gasteiger partial charge < -0.3 is 0 Å². The molecule has 0 bridgehead atoms. The average molecular weight is 448 g/mol. The van der Waals surface area contributed by atoms with Crippen molar-refractivity contribution in [1.82, 2.24) is 9.97 Å². The van der Waals surface area contributed by atoms with E-state index in [0.29, 0.717) is 19.9 Å². The molecule has 2 heterocycles. The number of carbonyl (C=O) groups excluding carboxylic acids is 1. The number of nitrogens with zero attached hydrogens (tertiary/aromatic N) is 2. The van der Waals surface area contributed by atoms with Crippen molar-refractivity contribution in [2.24, 2.45) is 0 Å². The lowest BCUT2D eigenvalue weighted by atomic mass is 10.1. The van der Waals surface area contributed by atoms with Gasteiger partial charge in [0.25, 0.3) is 0 Å². The first-order chi connectivity index (χ1) is 13.4. The summed E-state index contributed by atoms with van der Waals surface area (Å²) in [6, 6.07) is 11.4. The van der Waals surface area contributed by atoms with E-state index < -0.39 is 0 Å². The normalized spacial score (nSPS) is 12.8. The summed E-state index contributed by atoms with van der Waals surface area (Å²) >= 11 is 13.1. The van der Waals surface area contributed by atoms with Crippen LogP contribution in [0.1, 0.15) is 49.9 Å². The number of aromatic nitrogens is 2. The van der Waals surface area contributed by atoms with Crippen molar-refractivity contribution in [3.8, 4) is 0 Å². The van der Waals surface area contributed by atoms with Crippen molar-refractivity contribution in [2.75, 3.05) is 0 Å². The maximum atomic E-state index is 12.2. The van der Waals surface area contributed by atoms with Crippen LogP contribution in [0.5, 0.6) is 0 Å². The van der Waals surface area contributed by atoms with Crippen LogP contribution >= 0.6 is 48.0 Å². The van der Waals surface area contributed by atoms with Crippen LogP contribution < -0.4 is 0 Å². The van der Waals surface area contributed by atoms with Crippen LogP contribution in [-0.4, -0.2) is 28.5 Å².